The first-order chi connectivity index (χ1) is 10.2. The molecule has 118 valence electrons. The molecule has 0 aliphatic rings. The summed E-state index contributed by atoms with van der Waals surface area (Å²) in [6.45, 7) is 7.42. The van der Waals surface area contributed by atoms with Gasteiger partial charge in [-0.25, -0.2) is 9.37 Å². The maximum atomic E-state index is 13.2. The number of amides is 1. The maximum Gasteiger partial charge on any atom is 0.259 e. The number of fused-ring (bicyclic) bond motifs is 1. The third-order valence-corrected chi connectivity index (χ3v) is 3.79. The molecule has 1 heterocycles. The third-order valence-electron chi connectivity index (χ3n) is 2.80. The Morgan fingerprint density at radius 3 is 2.73 bits per heavy atom. The molecule has 0 aliphatic heterocycles. The van der Waals surface area contributed by atoms with Gasteiger partial charge < -0.3 is 10.3 Å². The molecule has 2 N–H and O–H groups in total. The summed E-state index contributed by atoms with van der Waals surface area (Å²) in [6, 6.07) is 3.84. The number of carbonyl (C=O) groups is 1. The first-order valence-corrected chi connectivity index (χ1v) is 7.72. The zero-order valence-corrected chi connectivity index (χ0v) is 13.7. The van der Waals surface area contributed by atoms with Crippen LogP contribution in [0.5, 0.6) is 0 Å². The molecule has 7 heteroatoms. The highest BCUT2D eigenvalue weighted by Crippen LogP contribution is 2.21. The van der Waals surface area contributed by atoms with E-state index in [1.54, 1.807) is 6.92 Å². The first kappa shape index (κ1) is 16.5. The van der Waals surface area contributed by atoms with Crippen molar-refractivity contribution in [3.63, 3.8) is 0 Å². The van der Waals surface area contributed by atoms with Crippen molar-refractivity contribution < 1.29 is 9.18 Å². The van der Waals surface area contributed by atoms with Crippen LogP contribution >= 0.6 is 11.8 Å². The number of benzene rings is 1. The molecule has 0 bridgehead atoms. The van der Waals surface area contributed by atoms with Crippen molar-refractivity contribution in [2.45, 2.75) is 43.6 Å². The van der Waals surface area contributed by atoms with Crippen LogP contribution in [0.15, 0.2) is 28.2 Å². The Morgan fingerprint density at radius 2 is 2.09 bits per heavy atom. The summed E-state index contributed by atoms with van der Waals surface area (Å²) in [7, 11) is 0. The van der Waals surface area contributed by atoms with Crippen molar-refractivity contribution in [1.82, 2.24) is 15.3 Å². The molecule has 2 aromatic rings. The number of nitrogens with one attached hydrogen (secondary N) is 2. The Labute approximate surface area is 131 Å². The average molecular weight is 323 g/mol. The lowest BCUT2D eigenvalue weighted by Crippen LogP contribution is -2.44. The predicted molar refractivity (Wildman–Crippen MR) is 85.5 cm³/mol. The summed E-state index contributed by atoms with van der Waals surface area (Å²) in [6.07, 6.45) is 0. The van der Waals surface area contributed by atoms with E-state index in [1.165, 1.54) is 12.1 Å². The van der Waals surface area contributed by atoms with Crippen LogP contribution in [-0.2, 0) is 4.79 Å². The highest BCUT2D eigenvalue weighted by atomic mass is 32.2. The third kappa shape index (κ3) is 4.07. The zero-order chi connectivity index (χ0) is 16.5. The van der Waals surface area contributed by atoms with Gasteiger partial charge in [0, 0.05) is 5.54 Å². The molecule has 22 heavy (non-hydrogen) atoms. The Kier molecular flexibility index (Phi) is 4.55. The van der Waals surface area contributed by atoms with Gasteiger partial charge in [-0.1, -0.05) is 11.8 Å². The van der Waals surface area contributed by atoms with Gasteiger partial charge in [0.1, 0.15) is 5.82 Å². The SMILES string of the molecule is C[C@H](Sc1nc2ccc(F)cc2c(=O)[nH]1)C(=O)NC(C)(C)C. The summed E-state index contributed by atoms with van der Waals surface area (Å²) in [5, 5.41) is 2.98. The molecule has 0 aliphatic carbocycles. The lowest BCUT2D eigenvalue weighted by molar-refractivity contribution is -0.121. The van der Waals surface area contributed by atoms with Gasteiger partial charge in [-0.2, -0.15) is 0 Å². The van der Waals surface area contributed by atoms with Gasteiger partial charge in [0.25, 0.3) is 5.56 Å². The van der Waals surface area contributed by atoms with Gasteiger partial charge in [0.15, 0.2) is 5.16 Å². The molecule has 0 saturated carbocycles. The number of aromatic amines is 1. The Balaban J connectivity index is 2.23. The fourth-order valence-electron chi connectivity index (χ4n) is 1.84. The van der Waals surface area contributed by atoms with Gasteiger partial charge in [0.2, 0.25) is 5.91 Å². The normalized spacial score (nSPS) is 13.1. The predicted octanol–water partition coefficient (Wildman–Crippen LogP) is 2.46. The lowest BCUT2D eigenvalue weighted by Gasteiger charge is -2.22. The molecule has 0 unspecified atom stereocenters. The molecule has 0 radical (unpaired) electrons. The number of nitrogens with zero attached hydrogens (tertiary/aromatic N) is 1. The summed E-state index contributed by atoms with van der Waals surface area (Å²) in [4.78, 5) is 30.8. The number of carbonyl (C=O) groups excluding carboxylic acids is 1. The van der Waals surface area contributed by atoms with Crippen molar-refractivity contribution in [3.05, 3.63) is 34.4 Å². The molecule has 0 fully saturated rings. The highest BCUT2D eigenvalue weighted by molar-refractivity contribution is 8.00. The Morgan fingerprint density at radius 1 is 1.41 bits per heavy atom. The van der Waals surface area contributed by atoms with Crippen LogP contribution in [0.2, 0.25) is 0 Å². The van der Waals surface area contributed by atoms with Gasteiger partial charge in [-0.05, 0) is 45.9 Å². The smallest absolute Gasteiger partial charge is 0.259 e. The standard InChI is InChI=1S/C15H18FN3O2S/c1-8(12(20)19-15(2,3)4)22-14-17-11-6-5-9(16)7-10(11)13(21)18-14/h5-8H,1-4H3,(H,19,20)(H,17,18,21)/t8-/m0/s1. The molecule has 5 nitrogen and oxygen atoms in total. The van der Waals surface area contributed by atoms with Gasteiger partial charge >= 0.3 is 0 Å². The van der Waals surface area contributed by atoms with Crippen LogP contribution in [-0.4, -0.2) is 26.7 Å². The number of hydrogen-bond donors (Lipinski definition) is 2. The number of thioether (sulfide) groups is 1. The summed E-state index contributed by atoms with van der Waals surface area (Å²) in [5.74, 6) is -0.627. The topological polar surface area (TPSA) is 74.8 Å². The van der Waals surface area contributed by atoms with E-state index in [4.69, 9.17) is 0 Å². The van der Waals surface area contributed by atoms with Gasteiger partial charge in [-0.15, -0.1) is 0 Å². The van der Waals surface area contributed by atoms with Crippen molar-refractivity contribution in [3.8, 4) is 0 Å². The minimum atomic E-state index is -0.488. The molecule has 1 aromatic heterocycles. The molecule has 0 saturated heterocycles. The minimum absolute atomic E-state index is 0.139. The lowest BCUT2D eigenvalue weighted by atomic mass is 10.1. The molecular formula is C15H18FN3O2S. The molecular weight excluding hydrogens is 305 g/mol. The number of H-pyrrole nitrogens is 1. The van der Waals surface area contributed by atoms with Crippen LogP contribution in [0.3, 0.4) is 0 Å². The van der Waals surface area contributed by atoms with Gasteiger partial charge in [-0.3, -0.25) is 9.59 Å². The van der Waals surface area contributed by atoms with Crippen LogP contribution in [0.4, 0.5) is 4.39 Å². The van der Waals surface area contributed by atoms with Crippen molar-refractivity contribution in [1.29, 1.82) is 0 Å². The number of rotatable bonds is 3. The summed E-state index contributed by atoms with van der Waals surface area (Å²) < 4.78 is 13.2. The number of aromatic nitrogens is 2. The number of hydrogen-bond acceptors (Lipinski definition) is 4. The Bertz CT molecular complexity index is 767. The molecule has 2 rings (SSSR count). The largest absolute Gasteiger partial charge is 0.351 e. The highest BCUT2D eigenvalue weighted by Gasteiger charge is 2.21. The second-order valence-corrected chi connectivity index (χ2v) is 7.36. The summed E-state index contributed by atoms with van der Waals surface area (Å²) in [5.41, 5.74) is -0.347. The fraction of sp³-hybridized carbons (Fsp3) is 0.400. The zero-order valence-electron chi connectivity index (χ0n) is 12.9. The van der Waals surface area contributed by atoms with Crippen LogP contribution in [0, 0.1) is 5.82 Å². The minimum Gasteiger partial charge on any atom is -0.351 e. The second-order valence-electron chi connectivity index (χ2n) is 6.03. The van der Waals surface area contributed by atoms with E-state index in [0.717, 1.165) is 17.8 Å². The van der Waals surface area contributed by atoms with Crippen LogP contribution in [0.1, 0.15) is 27.7 Å². The van der Waals surface area contributed by atoms with E-state index in [1.807, 2.05) is 20.8 Å². The fourth-order valence-corrected chi connectivity index (χ4v) is 2.64. The van der Waals surface area contributed by atoms with Crippen LogP contribution in [0.25, 0.3) is 10.9 Å². The van der Waals surface area contributed by atoms with Crippen molar-refractivity contribution in [2.24, 2.45) is 0 Å². The van der Waals surface area contributed by atoms with E-state index in [2.05, 4.69) is 15.3 Å². The summed E-state index contributed by atoms with van der Waals surface area (Å²) >= 11 is 1.15. The molecule has 1 amide bonds. The van der Waals surface area contributed by atoms with Crippen molar-refractivity contribution >= 4 is 28.6 Å². The average Bonchev–Trinajstić information content (AvgIpc) is 2.37. The number of halogens is 1. The Hall–Kier alpha value is -1.89. The van der Waals surface area contributed by atoms with E-state index in [-0.39, 0.29) is 16.8 Å². The molecule has 1 atom stereocenters. The van der Waals surface area contributed by atoms with E-state index >= 15 is 0 Å². The monoisotopic (exact) mass is 323 g/mol. The first-order valence-electron chi connectivity index (χ1n) is 6.84. The van der Waals surface area contributed by atoms with E-state index in [9.17, 15) is 14.0 Å². The van der Waals surface area contributed by atoms with Gasteiger partial charge in [0.05, 0.1) is 16.2 Å². The van der Waals surface area contributed by atoms with Crippen molar-refractivity contribution in [2.75, 3.05) is 0 Å². The second kappa shape index (κ2) is 6.08. The van der Waals surface area contributed by atoms with E-state index in [0.29, 0.717) is 10.7 Å². The quantitative estimate of drug-likeness (QED) is 0.672. The van der Waals surface area contributed by atoms with Crippen LogP contribution < -0.4 is 10.9 Å². The maximum absolute atomic E-state index is 13.2. The molecule has 1 aromatic carbocycles. The molecule has 0 spiro atoms. The van der Waals surface area contributed by atoms with E-state index < -0.39 is 16.6 Å².